The summed E-state index contributed by atoms with van der Waals surface area (Å²) in [6, 6.07) is 0. The minimum Gasteiger partial charge on any atom is -0.756 e. The molecule has 0 heterocycles. The van der Waals surface area contributed by atoms with Crippen molar-refractivity contribution in [3.63, 3.8) is 0 Å². The lowest BCUT2D eigenvalue weighted by Crippen LogP contribution is -2.37. The maximum Gasteiger partial charge on any atom is 0.268 e. The molecule has 0 rings (SSSR count). The van der Waals surface area contributed by atoms with Gasteiger partial charge in [0.2, 0.25) is 0 Å². The molecule has 314 valence electrons. The molecule has 7 nitrogen and oxygen atoms in total. The van der Waals surface area contributed by atoms with E-state index in [-0.39, 0.29) is 13.2 Å². The van der Waals surface area contributed by atoms with E-state index in [0.29, 0.717) is 30.8 Å². The monoisotopic (exact) mass is 762 g/mol. The van der Waals surface area contributed by atoms with Crippen LogP contribution >= 0.6 is 7.82 Å². The zero-order valence-corrected chi connectivity index (χ0v) is 36.7. The molecule has 0 saturated carbocycles. The second-order valence-electron chi connectivity index (χ2n) is 16.8. The topological polar surface area (TPSA) is 77.1 Å². The maximum absolute atomic E-state index is 12.4. The third-order valence-electron chi connectivity index (χ3n) is 10.2. The van der Waals surface area contributed by atoms with Gasteiger partial charge in [0.1, 0.15) is 19.3 Å². The fourth-order valence-electron chi connectivity index (χ4n) is 6.65. The predicted molar refractivity (Wildman–Crippen MR) is 222 cm³/mol. The number of hydrogen-bond donors (Lipinski definition) is 0. The molecule has 2 atom stereocenters. The Morgan fingerprint density at radius 1 is 0.442 bits per heavy atom. The third-order valence-corrected chi connectivity index (χ3v) is 11.2. The smallest absolute Gasteiger partial charge is 0.268 e. The largest absolute Gasteiger partial charge is 0.756 e. The van der Waals surface area contributed by atoms with Crippen LogP contribution in [0.4, 0.5) is 0 Å². The van der Waals surface area contributed by atoms with Gasteiger partial charge in [-0.15, -0.1) is 0 Å². The summed E-state index contributed by atoms with van der Waals surface area (Å²) in [5, 5.41) is 0. The van der Waals surface area contributed by atoms with Gasteiger partial charge >= 0.3 is 0 Å². The Morgan fingerprint density at radius 2 is 0.769 bits per heavy atom. The van der Waals surface area contributed by atoms with Crippen LogP contribution in [0.3, 0.4) is 0 Å². The lowest BCUT2D eigenvalue weighted by atomic mass is 10.0. The first-order chi connectivity index (χ1) is 25.2. The van der Waals surface area contributed by atoms with Crippen molar-refractivity contribution in [2.24, 2.45) is 0 Å². The van der Waals surface area contributed by atoms with Crippen molar-refractivity contribution in [2.45, 2.75) is 225 Å². The van der Waals surface area contributed by atoms with Crippen LogP contribution in [0.25, 0.3) is 0 Å². The van der Waals surface area contributed by atoms with Crippen LogP contribution in [0.1, 0.15) is 219 Å². The van der Waals surface area contributed by atoms with E-state index in [2.05, 4.69) is 13.8 Å². The zero-order chi connectivity index (χ0) is 38.3. The van der Waals surface area contributed by atoms with Gasteiger partial charge in [-0.3, -0.25) is 4.57 Å². The maximum atomic E-state index is 12.4. The molecule has 2 unspecified atom stereocenters. The average Bonchev–Trinajstić information content (AvgIpc) is 3.10. The molecule has 8 heteroatoms. The van der Waals surface area contributed by atoms with Crippen molar-refractivity contribution in [2.75, 3.05) is 60.7 Å². The quantitative estimate of drug-likeness (QED) is 0.0349. The summed E-state index contributed by atoms with van der Waals surface area (Å²) in [7, 11) is 1.61. The van der Waals surface area contributed by atoms with Crippen molar-refractivity contribution in [3.05, 3.63) is 0 Å². The number of rotatable bonds is 44. The van der Waals surface area contributed by atoms with Crippen molar-refractivity contribution in [3.8, 4) is 0 Å². The molecule has 0 aliphatic rings. The summed E-state index contributed by atoms with van der Waals surface area (Å²) in [6.07, 6.45) is 42.5. The summed E-state index contributed by atoms with van der Waals surface area (Å²) < 4.78 is 35.4. The second-order valence-corrected chi connectivity index (χ2v) is 18.2. The minimum absolute atomic E-state index is 0.0665. The van der Waals surface area contributed by atoms with Gasteiger partial charge in [0.15, 0.2) is 0 Å². The SMILES string of the molecule is CCCCCCCCCCCCCCCCCCOCC(COP(=O)([O-])OCC[N+](C)(C)C)OCCCCCCCCCCCCCCCCCC. The first kappa shape index (κ1) is 52.0. The third kappa shape index (κ3) is 42.7. The molecule has 0 saturated heterocycles. The molecule has 0 spiro atoms. The van der Waals surface area contributed by atoms with E-state index in [9.17, 15) is 9.46 Å². The molecule has 0 aliphatic heterocycles. The number of likely N-dealkylation sites (N-methyl/N-ethyl adjacent to an activating group) is 1. The average molecular weight is 762 g/mol. The molecule has 0 radical (unpaired) electrons. The highest BCUT2D eigenvalue weighted by molar-refractivity contribution is 7.45. The molecule has 0 amide bonds. The van der Waals surface area contributed by atoms with Crippen LogP contribution < -0.4 is 4.89 Å². The summed E-state index contributed by atoms with van der Waals surface area (Å²) >= 11 is 0. The van der Waals surface area contributed by atoms with E-state index in [1.807, 2.05) is 21.1 Å². The lowest BCUT2D eigenvalue weighted by molar-refractivity contribution is -0.870. The van der Waals surface area contributed by atoms with E-state index in [1.165, 1.54) is 186 Å². The van der Waals surface area contributed by atoms with Crippen LogP contribution in [-0.4, -0.2) is 71.3 Å². The molecule has 0 aromatic carbocycles. The number of phosphoric acid groups is 1. The molecule has 0 bridgehead atoms. The van der Waals surface area contributed by atoms with E-state index >= 15 is 0 Å². The van der Waals surface area contributed by atoms with E-state index in [1.54, 1.807) is 0 Å². The first-order valence-electron chi connectivity index (χ1n) is 22.8. The Balaban J connectivity index is 4.03. The van der Waals surface area contributed by atoms with Gasteiger partial charge in [0, 0.05) is 13.2 Å². The Labute approximate surface area is 325 Å². The molecular formula is C44H92NO6P. The lowest BCUT2D eigenvalue weighted by Gasteiger charge is -2.28. The van der Waals surface area contributed by atoms with Crippen LogP contribution in [-0.2, 0) is 23.1 Å². The van der Waals surface area contributed by atoms with Gasteiger partial charge in [-0.2, -0.15) is 0 Å². The number of ether oxygens (including phenoxy) is 2. The highest BCUT2D eigenvalue weighted by Crippen LogP contribution is 2.38. The van der Waals surface area contributed by atoms with Crippen LogP contribution in [0.15, 0.2) is 0 Å². The molecule has 0 aromatic heterocycles. The molecule has 0 aromatic rings. The van der Waals surface area contributed by atoms with E-state index in [0.717, 1.165) is 19.3 Å². The zero-order valence-electron chi connectivity index (χ0n) is 35.8. The molecule has 0 N–H and O–H groups in total. The van der Waals surface area contributed by atoms with Crippen molar-refractivity contribution in [1.29, 1.82) is 0 Å². The summed E-state index contributed by atoms with van der Waals surface area (Å²) in [4.78, 5) is 12.4. The summed E-state index contributed by atoms with van der Waals surface area (Å²) in [5.74, 6) is 0. The Bertz CT molecular complexity index is 749. The van der Waals surface area contributed by atoms with Crippen molar-refractivity contribution >= 4 is 7.82 Å². The molecule has 0 fully saturated rings. The van der Waals surface area contributed by atoms with E-state index < -0.39 is 13.9 Å². The van der Waals surface area contributed by atoms with Gasteiger partial charge < -0.3 is 27.9 Å². The Hall–Kier alpha value is -0.0100. The number of phosphoric ester groups is 1. The normalized spacial score (nSPS) is 13.9. The fourth-order valence-corrected chi connectivity index (χ4v) is 7.38. The second kappa shape index (κ2) is 39.2. The first-order valence-corrected chi connectivity index (χ1v) is 24.3. The van der Waals surface area contributed by atoms with Crippen LogP contribution in [0, 0.1) is 0 Å². The summed E-state index contributed by atoms with van der Waals surface area (Å²) in [5.41, 5.74) is 0. The highest BCUT2D eigenvalue weighted by Gasteiger charge is 2.18. The predicted octanol–water partition coefficient (Wildman–Crippen LogP) is 13.1. The van der Waals surface area contributed by atoms with E-state index in [4.69, 9.17) is 18.5 Å². The number of quaternary nitrogens is 1. The Morgan fingerprint density at radius 3 is 1.12 bits per heavy atom. The van der Waals surface area contributed by atoms with Crippen LogP contribution in [0.5, 0.6) is 0 Å². The van der Waals surface area contributed by atoms with Crippen molar-refractivity contribution < 1.29 is 32.5 Å². The molecule has 0 aliphatic carbocycles. The van der Waals surface area contributed by atoms with Gasteiger partial charge in [-0.1, -0.05) is 206 Å². The number of unbranched alkanes of at least 4 members (excludes halogenated alkanes) is 30. The summed E-state index contributed by atoms with van der Waals surface area (Å²) in [6.45, 7) is 6.80. The number of hydrogen-bond acceptors (Lipinski definition) is 6. The van der Waals surface area contributed by atoms with Gasteiger partial charge in [-0.05, 0) is 12.8 Å². The highest BCUT2D eigenvalue weighted by atomic mass is 31.2. The standard InChI is InChI=1S/C44H92NO6P/c1-6-8-10-12-14-16-18-20-22-24-26-28-30-32-34-36-39-48-42-44(43-51-52(46,47)50-41-38-45(3,4)5)49-40-37-35-33-31-29-27-25-23-21-19-17-15-13-11-9-7-2/h44H,6-43H2,1-5H3. The number of nitrogens with zero attached hydrogens (tertiary/aromatic N) is 1. The molecular weight excluding hydrogens is 669 g/mol. The van der Waals surface area contributed by atoms with Gasteiger partial charge in [-0.25, -0.2) is 0 Å². The Kier molecular flexibility index (Phi) is 39.2. The minimum atomic E-state index is -4.38. The molecule has 52 heavy (non-hydrogen) atoms. The van der Waals surface area contributed by atoms with Crippen molar-refractivity contribution in [1.82, 2.24) is 0 Å². The van der Waals surface area contributed by atoms with Crippen LogP contribution in [0.2, 0.25) is 0 Å². The van der Waals surface area contributed by atoms with Gasteiger partial charge in [0.25, 0.3) is 7.82 Å². The van der Waals surface area contributed by atoms with Gasteiger partial charge in [0.05, 0.1) is 34.4 Å². The fraction of sp³-hybridized carbons (Fsp3) is 1.00.